The summed E-state index contributed by atoms with van der Waals surface area (Å²) in [5, 5.41) is 23.0. The lowest BCUT2D eigenvalue weighted by atomic mass is 10.1. The lowest BCUT2D eigenvalue weighted by molar-refractivity contribution is -0.127. The Hall–Kier alpha value is -2.75. The number of benzene rings is 1. The summed E-state index contributed by atoms with van der Waals surface area (Å²) in [6, 6.07) is 4.74. The van der Waals surface area contributed by atoms with Gasteiger partial charge in [0, 0.05) is 11.3 Å². The van der Waals surface area contributed by atoms with Crippen molar-refractivity contribution >= 4 is 26.1 Å². The third kappa shape index (κ3) is 10.3. The quantitative estimate of drug-likeness (QED) is 0.124. The number of hydrogen-bond acceptors (Lipinski definition) is 12. The summed E-state index contributed by atoms with van der Waals surface area (Å²) in [7, 11) is -1.59. The molecule has 0 saturated carbocycles. The van der Waals surface area contributed by atoms with E-state index in [2.05, 4.69) is 15.4 Å². The van der Waals surface area contributed by atoms with E-state index in [1.165, 1.54) is 24.9 Å². The third-order valence-electron chi connectivity index (χ3n) is 5.61. The van der Waals surface area contributed by atoms with Crippen LogP contribution in [0.15, 0.2) is 24.5 Å². The van der Waals surface area contributed by atoms with Gasteiger partial charge in [-0.05, 0) is 64.3 Å². The first kappa shape index (κ1) is 31.8. The number of carbonyl (C=O) groups is 2. The van der Waals surface area contributed by atoms with Crippen LogP contribution in [0.2, 0.25) is 0 Å². The number of nitrogens with one attached hydrogen (secondary N) is 1. The molecule has 0 spiro atoms. The summed E-state index contributed by atoms with van der Waals surface area (Å²) in [6.45, 7) is 3.75. The Morgan fingerprint density at radius 2 is 2.05 bits per heavy atom. The molecule has 2 aromatic rings. The number of nitrogens with zero attached hydrogens (tertiary/aromatic N) is 3. The van der Waals surface area contributed by atoms with Gasteiger partial charge in [0.25, 0.3) is 5.91 Å². The minimum atomic E-state index is -1.59. The number of carbonyl (C=O) groups excluding carboxylic acids is 2. The monoisotopic (exact) mass is 583 g/mol. The second-order valence-corrected chi connectivity index (χ2v) is 10.9. The molecule has 2 aliphatic heterocycles. The van der Waals surface area contributed by atoms with Gasteiger partial charge in [0.2, 0.25) is 11.7 Å². The van der Waals surface area contributed by atoms with Crippen molar-refractivity contribution in [1.82, 2.24) is 14.8 Å². The maximum absolute atomic E-state index is 12.3. The largest absolute Gasteiger partial charge is 0.426 e. The molecule has 4 rings (SSSR count). The molecule has 1 aromatic heterocycles. The van der Waals surface area contributed by atoms with Gasteiger partial charge in [0.05, 0.1) is 25.4 Å². The lowest BCUT2D eigenvalue weighted by Gasteiger charge is -2.25. The van der Waals surface area contributed by atoms with Crippen molar-refractivity contribution in [2.75, 3.05) is 18.5 Å². The lowest BCUT2D eigenvalue weighted by Crippen LogP contribution is -2.35. The van der Waals surface area contributed by atoms with E-state index in [1.807, 2.05) is 0 Å². The smallest absolute Gasteiger partial charge is 0.397 e. The average Bonchev–Trinajstić information content (AvgIpc) is 3.56. The zero-order chi connectivity index (χ0) is 29.3. The normalized spacial score (nSPS) is 21.0. The first-order valence-electron chi connectivity index (χ1n) is 12.9. The molecule has 1 fully saturated rings. The van der Waals surface area contributed by atoms with E-state index in [0.717, 1.165) is 24.8 Å². The van der Waals surface area contributed by atoms with Crippen LogP contribution in [0.4, 0.5) is 5.69 Å². The highest BCUT2D eigenvalue weighted by molar-refractivity contribution is 7.42. The van der Waals surface area contributed by atoms with Crippen LogP contribution in [0.1, 0.15) is 68.4 Å². The fourth-order valence-corrected chi connectivity index (χ4v) is 4.75. The van der Waals surface area contributed by atoms with Crippen molar-refractivity contribution in [2.24, 2.45) is 17.2 Å². The molecule has 0 aliphatic carbocycles. The molecule has 1 aromatic carbocycles. The Balaban J connectivity index is 0.000000810. The summed E-state index contributed by atoms with van der Waals surface area (Å²) in [5.41, 5.74) is 18.0. The van der Waals surface area contributed by atoms with Gasteiger partial charge in [0.1, 0.15) is 12.1 Å². The Labute approximate surface area is 233 Å². The Bertz CT molecular complexity index is 1120. The molecule has 2 amide bonds. The molecular formula is C24H38N7O8P. The van der Waals surface area contributed by atoms with Crippen LogP contribution in [0.3, 0.4) is 0 Å². The van der Waals surface area contributed by atoms with E-state index in [9.17, 15) is 9.59 Å². The number of fused-ring (bicyclic) bond motifs is 1. The number of amides is 2. The molecule has 9 N–H and O–H groups in total. The summed E-state index contributed by atoms with van der Waals surface area (Å²) < 4.78 is 24.8. The number of ether oxygens (including phenoxy) is 1. The van der Waals surface area contributed by atoms with E-state index in [-0.39, 0.29) is 37.3 Å². The number of primary amides is 1. The molecule has 0 radical (unpaired) electrons. The van der Waals surface area contributed by atoms with Gasteiger partial charge in [-0.1, -0.05) is 6.42 Å². The summed E-state index contributed by atoms with van der Waals surface area (Å²) in [6.07, 6.45) is 4.58. The van der Waals surface area contributed by atoms with Crippen molar-refractivity contribution in [1.29, 1.82) is 0 Å². The van der Waals surface area contributed by atoms with Crippen LogP contribution in [-0.2, 0) is 25.2 Å². The third-order valence-corrected chi connectivity index (χ3v) is 6.65. The van der Waals surface area contributed by atoms with Crippen molar-refractivity contribution < 1.29 is 38.1 Å². The van der Waals surface area contributed by atoms with E-state index < -0.39 is 26.3 Å². The maximum Gasteiger partial charge on any atom is 0.397 e. The van der Waals surface area contributed by atoms with Crippen molar-refractivity contribution in [3.8, 4) is 5.75 Å². The van der Waals surface area contributed by atoms with Crippen LogP contribution in [0.25, 0.3) is 0 Å². The van der Waals surface area contributed by atoms with Gasteiger partial charge in [-0.25, -0.2) is 9.67 Å². The Morgan fingerprint density at radius 3 is 2.73 bits per heavy atom. The van der Waals surface area contributed by atoms with E-state index >= 15 is 0 Å². The first-order valence-corrected chi connectivity index (χ1v) is 14.0. The molecule has 0 bridgehead atoms. The van der Waals surface area contributed by atoms with E-state index in [4.69, 9.17) is 45.7 Å². The van der Waals surface area contributed by atoms with Gasteiger partial charge in [-0.2, -0.15) is 0 Å². The molecular weight excluding hydrogens is 545 g/mol. The van der Waals surface area contributed by atoms with Crippen molar-refractivity contribution in [2.45, 2.75) is 76.7 Å². The summed E-state index contributed by atoms with van der Waals surface area (Å²) >= 11 is 0. The number of aliphatic hydroxyl groups is 2. The molecule has 15 nitrogen and oxygen atoms in total. The van der Waals surface area contributed by atoms with E-state index in [1.54, 1.807) is 18.2 Å². The molecule has 3 heterocycles. The molecule has 1 saturated heterocycles. The fraction of sp³-hybridized carbons (Fsp3) is 0.583. The average molecular weight is 584 g/mol. The Morgan fingerprint density at radius 1 is 1.30 bits per heavy atom. The number of rotatable bonds is 11. The van der Waals surface area contributed by atoms with Crippen molar-refractivity contribution in [3.63, 3.8) is 0 Å². The van der Waals surface area contributed by atoms with Gasteiger partial charge < -0.3 is 42.0 Å². The van der Waals surface area contributed by atoms with Crippen molar-refractivity contribution in [3.05, 3.63) is 35.9 Å². The van der Waals surface area contributed by atoms with Gasteiger partial charge in [-0.3, -0.25) is 18.6 Å². The molecule has 4 unspecified atom stereocenters. The molecule has 2 aliphatic rings. The SMILES string of the molecule is CC(C)(O)O.NCCCCC(N)C(=O)Nc1ccc2c(c1)COP(OCC1CCC(n3cnc(C(N)=O)n3)O1)O2. The van der Waals surface area contributed by atoms with E-state index in [0.29, 0.717) is 30.8 Å². The molecule has 16 heteroatoms. The highest BCUT2D eigenvalue weighted by atomic mass is 31.2. The maximum atomic E-state index is 12.3. The molecule has 222 valence electrons. The van der Waals surface area contributed by atoms with Crippen LogP contribution >= 0.6 is 8.60 Å². The summed E-state index contributed by atoms with van der Waals surface area (Å²) in [5.74, 6) is -1.84. The second-order valence-electron chi connectivity index (χ2n) is 9.78. The highest BCUT2D eigenvalue weighted by Gasteiger charge is 2.31. The van der Waals surface area contributed by atoms with Crippen LogP contribution < -0.4 is 27.0 Å². The minimum absolute atomic E-state index is 0.0486. The number of nitrogens with two attached hydrogens (primary N) is 3. The van der Waals surface area contributed by atoms with Crippen LogP contribution in [0, 0.1) is 0 Å². The zero-order valence-electron chi connectivity index (χ0n) is 22.6. The number of hydrogen-bond donors (Lipinski definition) is 6. The number of aromatic nitrogens is 3. The minimum Gasteiger partial charge on any atom is -0.426 e. The van der Waals surface area contributed by atoms with Gasteiger partial charge in [0.15, 0.2) is 12.0 Å². The highest BCUT2D eigenvalue weighted by Crippen LogP contribution is 2.48. The number of anilines is 1. The van der Waals surface area contributed by atoms with Gasteiger partial charge in [-0.15, -0.1) is 5.10 Å². The van der Waals surface area contributed by atoms with Crippen LogP contribution in [0.5, 0.6) is 5.75 Å². The van der Waals surface area contributed by atoms with Crippen LogP contribution in [-0.4, -0.2) is 67.9 Å². The fourth-order valence-electron chi connectivity index (χ4n) is 3.70. The first-order chi connectivity index (χ1) is 18.9. The predicted molar refractivity (Wildman–Crippen MR) is 144 cm³/mol. The molecule has 4 atom stereocenters. The summed E-state index contributed by atoms with van der Waals surface area (Å²) in [4.78, 5) is 27.3. The van der Waals surface area contributed by atoms with Gasteiger partial charge >= 0.3 is 8.60 Å². The zero-order valence-corrected chi connectivity index (χ0v) is 23.5. The number of unbranched alkanes of at least 4 members (excludes halogenated alkanes) is 1. The molecule has 40 heavy (non-hydrogen) atoms. The topological polar surface area (TPSA) is 232 Å². The second kappa shape index (κ2) is 14.8. The predicted octanol–water partition coefficient (Wildman–Crippen LogP) is 1.01. The standard InChI is InChI=1S/C21H30N7O6P.C3H8O2/c22-8-2-1-3-16(23)21(30)26-14-4-6-17-13(9-14)10-31-35(34-17)32-11-15-5-7-18(33-15)28-12-25-20(27-28)19(24)29;1-3(2,4)5/h4,6,9,12,15-16,18H,1-3,5,7-8,10-11,22-23H2,(H2,24,29)(H,26,30);4-5H,1-2H3. The Kier molecular flexibility index (Phi) is 11.7.